The summed E-state index contributed by atoms with van der Waals surface area (Å²) in [7, 11) is 0. The fraction of sp³-hybridized carbons (Fsp3) is 0.475. The van der Waals surface area contributed by atoms with Crippen LogP contribution in [0.3, 0.4) is 0 Å². The number of hydrogen-bond donors (Lipinski definition) is 0. The molecule has 0 unspecified atom stereocenters. The van der Waals surface area contributed by atoms with E-state index in [1.54, 1.807) is 0 Å². The fourth-order valence-corrected chi connectivity index (χ4v) is 6.01. The van der Waals surface area contributed by atoms with E-state index >= 15 is 0 Å². The van der Waals surface area contributed by atoms with Gasteiger partial charge in [0.05, 0.1) is 0 Å². The van der Waals surface area contributed by atoms with Crippen LogP contribution in [0.25, 0.3) is 21.5 Å². The van der Waals surface area contributed by atoms with Crippen LogP contribution in [0.15, 0.2) is 60.7 Å². The predicted molar refractivity (Wildman–Crippen MR) is 206 cm³/mol. The summed E-state index contributed by atoms with van der Waals surface area (Å²) in [5.74, 6) is 1.95. The summed E-state index contributed by atoms with van der Waals surface area (Å²) < 4.78 is 6.61. The van der Waals surface area contributed by atoms with E-state index in [2.05, 4.69) is 132 Å². The summed E-state index contributed by atoms with van der Waals surface area (Å²) in [6, 6.07) is 23.4. The van der Waals surface area contributed by atoms with Gasteiger partial charge in [-0.1, -0.05) is 139 Å². The zero-order valence-electron chi connectivity index (χ0n) is 29.9. The molecule has 4 aromatic rings. The second kappa shape index (κ2) is 19.2. The Morgan fingerprint density at radius 3 is 1.55 bits per heavy atom. The lowest BCUT2D eigenvalue weighted by molar-refractivity contribution is -0.423. The lowest BCUT2D eigenvalue weighted by atomic mass is 9.92. The van der Waals surface area contributed by atoms with Gasteiger partial charge in [0, 0.05) is 35.1 Å². The van der Waals surface area contributed by atoms with Crippen molar-refractivity contribution >= 4 is 74.1 Å². The summed E-state index contributed by atoms with van der Waals surface area (Å²) in [6.07, 6.45) is 2.39. The quantitative estimate of drug-likeness (QED) is 0.133. The van der Waals surface area contributed by atoms with Gasteiger partial charge in [0.1, 0.15) is 24.5 Å². The molecule has 0 fully saturated rings. The lowest BCUT2D eigenvalue weighted by Crippen LogP contribution is -3.00. The van der Waals surface area contributed by atoms with Crippen molar-refractivity contribution in [1.82, 2.24) is 0 Å². The maximum absolute atomic E-state index is 4.83. The number of halogens is 4. The van der Waals surface area contributed by atoms with E-state index in [4.69, 9.17) is 39.5 Å². The van der Waals surface area contributed by atoms with Crippen LogP contribution in [0.1, 0.15) is 115 Å². The predicted octanol–water partition coefficient (Wildman–Crippen LogP) is 9.71. The highest BCUT2D eigenvalue weighted by Crippen LogP contribution is 2.40. The minimum atomic E-state index is -0.750. The van der Waals surface area contributed by atoms with Crippen molar-refractivity contribution in [3.05, 3.63) is 82.9 Å². The van der Waals surface area contributed by atoms with Crippen molar-refractivity contribution < 1.29 is 21.7 Å². The average Bonchev–Trinajstić information content (AvgIpc) is 3.49. The Morgan fingerprint density at radius 2 is 1.11 bits per heavy atom. The first-order chi connectivity index (χ1) is 21.8. The Kier molecular flexibility index (Phi) is 16.9. The van der Waals surface area contributed by atoms with Crippen molar-refractivity contribution in [2.45, 2.75) is 97.2 Å². The van der Waals surface area contributed by atoms with E-state index in [9.17, 15) is 0 Å². The smallest absolute Gasteiger partial charge is 0.244 e. The SMILES string of the molecule is CC(C)c1ccc2ccc(C(C)C)c(N3C=[N+](c4c(C(C)C)ccc5ccc(C(C)C)cc45)CC3)c2c1.CCOCC.ClC(Cl)Cl.[Cl-]. The van der Waals surface area contributed by atoms with Crippen LogP contribution in [0.2, 0.25) is 0 Å². The number of rotatable bonds is 8. The summed E-state index contributed by atoms with van der Waals surface area (Å²) >= 11 is 14.4. The molecule has 0 aromatic heterocycles. The van der Waals surface area contributed by atoms with Crippen LogP contribution in [0.4, 0.5) is 11.4 Å². The molecule has 0 spiro atoms. The first-order valence-electron chi connectivity index (χ1n) is 16.8. The molecule has 0 radical (unpaired) electrons. The van der Waals surface area contributed by atoms with Gasteiger partial charge in [-0.25, -0.2) is 9.48 Å². The first kappa shape index (κ1) is 41.2. The molecule has 1 aliphatic rings. The molecule has 0 amide bonds. The first-order valence-corrected chi connectivity index (χ1v) is 18.1. The van der Waals surface area contributed by atoms with E-state index in [0.29, 0.717) is 23.7 Å². The zero-order valence-corrected chi connectivity index (χ0v) is 32.9. The largest absolute Gasteiger partial charge is 1.00 e. The monoisotopic (exact) mass is 718 g/mol. The van der Waals surface area contributed by atoms with Crippen LogP contribution in [-0.4, -0.2) is 41.5 Å². The van der Waals surface area contributed by atoms with Gasteiger partial charge in [-0.3, -0.25) is 0 Å². The topological polar surface area (TPSA) is 15.5 Å². The van der Waals surface area contributed by atoms with Crippen LogP contribution in [0.5, 0.6) is 0 Å². The summed E-state index contributed by atoms with van der Waals surface area (Å²) in [4.78, 5) is 2.52. The van der Waals surface area contributed by atoms with Gasteiger partial charge in [-0.05, 0) is 71.6 Å². The van der Waals surface area contributed by atoms with Crippen LogP contribution < -0.4 is 17.3 Å². The number of nitrogens with zero attached hydrogens (tertiary/aromatic N) is 2. The van der Waals surface area contributed by atoms with Crippen molar-refractivity contribution in [3.63, 3.8) is 0 Å². The van der Waals surface area contributed by atoms with Crippen molar-refractivity contribution in [2.75, 3.05) is 31.2 Å². The van der Waals surface area contributed by atoms with Gasteiger partial charge in [0.15, 0.2) is 4.30 Å². The van der Waals surface area contributed by atoms with Crippen molar-refractivity contribution in [2.24, 2.45) is 0 Å². The number of benzene rings is 4. The number of hydrogen-bond acceptors (Lipinski definition) is 2. The molecule has 258 valence electrons. The molecule has 7 heteroatoms. The normalized spacial score (nSPS) is 12.9. The number of fused-ring (bicyclic) bond motifs is 2. The molecule has 0 saturated heterocycles. The third-order valence-corrected chi connectivity index (χ3v) is 8.52. The second-order valence-corrected chi connectivity index (χ2v) is 15.1. The Hall–Kier alpha value is -2.01. The van der Waals surface area contributed by atoms with Crippen LogP contribution in [0, 0.1) is 0 Å². The molecular formula is C40H54Cl4N2O. The minimum Gasteiger partial charge on any atom is -1.00 e. The molecule has 0 N–H and O–H groups in total. The maximum Gasteiger partial charge on any atom is 0.244 e. The molecule has 0 atom stereocenters. The van der Waals surface area contributed by atoms with E-state index < -0.39 is 4.30 Å². The fourth-order valence-electron chi connectivity index (χ4n) is 6.01. The van der Waals surface area contributed by atoms with Crippen molar-refractivity contribution in [1.29, 1.82) is 0 Å². The molecular weight excluding hydrogens is 666 g/mol. The standard InChI is InChI=1S/C35H43N2.C4H10O.CHCl3.ClH/c1-22(2)28-11-9-26-13-15-30(24(5)6)34(32(26)19-28)36-17-18-37(21-36)35-31(25(7)8)16-14-27-10-12-29(23(3)4)20-33(27)35;1-3-5-4-2;2-1(3)4;/h9-16,19-25H,17-18H2,1-8H3;3-4H2,1-2H3;1H;1H/q+1;;;/p-1. The van der Waals surface area contributed by atoms with E-state index in [0.717, 1.165) is 26.3 Å². The number of alkyl halides is 3. The Labute approximate surface area is 305 Å². The third kappa shape index (κ3) is 10.7. The Balaban J connectivity index is 0.000000682. The second-order valence-electron chi connectivity index (χ2n) is 13.1. The van der Waals surface area contributed by atoms with Gasteiger partial charge in [0.2, 0.25) is 6.34 Å². The number of anilines is 1. The Morgan fingerprint density at radius 1 is 0.660 bits per heavy atom. The zero-order chi connectivity index (χ0) is 34.1. The molecule has 3 nitrogen and oxygen atoms in total. The van der Waals surface area contributed by atoms with E-state index in [1.165, 1.54) is 55.2 Å². The van der Waals surface area contributed by atoms with Gasteiger partial charge < -0.3 is 17.1 Å². The molecule has 0 aliphatic carbocycles. The third-order valence-electron chi connectivity index (χ3n) is 8.52. The molecule has 1 heterocycles. The van der Waals surface area contributed by atoms with Gasteiger partial charge >= 0.3 is 0 Å². The van der Waals surface area contributed by atoms with E-state index in [-0.39, 0.29) is 12.4 Å². The molecule has 5 rings (SSSR count). The average molecular weight is 721 g/mol. The molecule has 47 heavy (non-hydrogen) atoms. The van der Waals surface area contributed by atoms with Crippen LogP contribution in [-0.2, 0) is 4.74 Å². The highest BCUT2D eigenvalue weighted by atomic mass is 35.6. The van der Waals surface area contributed by atoms with Gasteiger partial charge in [-0.2, -0.15) is 0 Å². The molecule has 4 aromatic carbocycles. The van der Waals surface area contributed by atoms with Gasteiger partial charge in [0.25, 0.3) is 0 Å². The molecule has 0 bridgehead atoms. The van der Waals surface area contributed by atoms with Gasteiger partial charge in [-0.15, -0.1) is 0 Å². The highest BCUT2D eigenvalue weighted by molar-refractivity contribution is 6.63. The lowest BCUT2D eigenvalue weighted by Gasteiger charge is -2.19. The summed E-state index contributed by atoms with van der Waals surface area (Å²) in [6.45, 7) is 26.1. The maximum atomic E-state index is 4.83. The van der Waals surface area contributed by atoms with E-state index in [1.807, 2.05) is 13.8 Å². The van der Waals surface area contributed by atoms with Crippen LogP contribution >= 0.6 is 34.8 Å². The molecule has 1 aliphatic heterocycles. The summed E-state index contributed by atoms with van der Waals surface area (Å²) in [5.41, 5.74) is 8.43. The highest BCUT2D eigenvalue weighted by Gasteiger charge is 2.30. The minimum absolute atomic E-state index is 0. The number of ether oxygens (including phenoxy) is 1. The summed E-state index contributed by atoms with van der Waals surface area (Å²) in [5, 5.41) is 5.40. The van der Waals surface area contributed by atoms with Crippen molar-refractivity contribution in [3.8, 4) is 0 Å². The molecule has 0 saturated carbocycles. The Bertz CT molecular complexity index is 1600.